The number of rotatable bonds is 34. The van der Waals surface area contributed by atoms with Gasteiger partial charge in [0.15, 0.2) is 37.7 Å². The van der Waals surface area contributed by atoms with E-state index < -0.39 is 361 Å². The number of aliphatic hydroxyl groups is 26. The van der Waals surface area contributed by atoms with Gasteiger partial charge in [-0.25, -0.2) is 14.2 Å². The van der Waals surface area contributed by atoms with E-state index in [1.807, 2.05) is 0 Å². The Hall–Kier alpha value is -3.16. The molecule has 8 saturated heterocycles. The van der Waals surface area contributed by atoms with Crippen LogP contribution in [0, 0.1) is 0 Å². The van der Waals surface area contributed by atoms with E-state index in [1.54, 1.807) is 0 Å². The zero-order valence-corrected chi connectivity index (χ0v) is 59.0. The number of carboxylic acids is 2. The Morgan fingerprint density at radius 2 is 0.883 bits per heavy atom. The summed E-state index contributed by atoms with van der Waals surface area (Å²) in [6.07, 6.45) is -97.2. The predicted molar refractivity (Wildman–Crippen MR) is 334 cm³/mol. The number of hydrogen-bond acceptors (Lipinski definition) is 48. The number of phosphoric ester groups is 1. The molecule has 43 atom stereocenters. The van der Waals surface area contributed by atoms with Gasteiger partial charge in [0.1, 0.15) is 195 Å². The van der Waals surface area contributed by atoms with Gasteiger partial charge in [-0.2, -0.15) is 0 Å². The third-order valence-electron chi connectivity index (χ3n) is 19.5. The summed E-state index contributed by atoms with van der Waals surface area (Å²) in [5, 5.41) is 311. The van der Waals surface area contributed by atoms with Gasteiger partial charge in [-0.05, 0) is 0 Å². The number of ether oxygens (including phenoxy) is 15. The zero-order valence-electron chi connectivity index (χ0n) is 58.1. The highest BCUT2D eigenvalue weighted by Crippen LogP contribution is 2.49. The van der Waals surface area contributed by atoms with Crippen LogP contribution in [0.4, 0.5) is 0 Å². The molecule has 111 heavy (non-hydrogen) atoms. The number of nitrogens with one attached hydrogen (secondary N) is 1. The average Bonchev–Trinajstić information content (AvgIpc) is 0.747. The molecule has 0 aromatic carbocycles. The van der Waals surface area contributed by atoms with Gasteiger partial charge >= 0.3 is 19.8 Å². The van der Waals surface area contributed by atoms with Crippen molar-refractivity contribution in [1.29, 1.82) is 0 Å². The molecule has 32 N–H and O–H groups in total. The number of amides is 1. The van der Waals surface area contributed by atoms with E-state index in [-0.39, 0.29) is 0 Å². The highest BCUT2D eigenvalue weighted by molar-refractivity contribution is 7.47. The van der Waals surface area contributed by atoms with Crippen LogP contribution >= 0.6 is 7.82 Å². The summed E-state index contributed by atoms with van der Waals surface area (Å²) in [6.45, 7) is -11.1. The van der Waals surface area contributed by atoms with Crippen LogP contribution in [0.15, 0.2) is 0 Å². The van der Waals surface area contributed by atoms with Gasteiger partial charge in [0.2, 0.25) is 5.91 Å². The fourth-order valence-electron chi connectivity index (χ4n) is 13.7. The van der Waals surface area contributed by atoms with Crippen LogP contribution in [0.1, 0.15) is 19.8 Å². The van der Waals surface area contributed by atoms with E-state index >= 15 is 0 Å². The number of phosphoric acid groups is 1. The second-order valence-corrected chi connectivity index (χ2v) is 28.6. The Balaban J connectivity index is 1.25. The van der Waals surface area contributed by atoms with Gasteiger partial charge in [-0.15, -0.1) is 0 Å². The summed E-state index contributed by atoms with van der Waals surface area (Å²) in [7, 11) is -5.76. The Bertz CT molecular complexity index is 2980. The Labute approximate surface area is 624 Å². The molecule has 0 saturated carbocycles. The normalized spacial score (nSPS) is 47.0. The van der Waals surface area contributed by atoms with Crippen molar-refractivity contribution in [1.82, 2.24) is 5.32 Å². The second kappa shape index (κ2) is 39.6. The van der Waals surface area contributed by atoms with Gasteiger partial charge in [-0.1, -0.05) is 0 Å². The standard InChI is InChI=1S/C58H99N2O50P/c1-14(69)60-25-29(78)27(76)21(10-65)95-49(25)106-48-46(110-111(92,93)94-3-2-59)36(85)38(16(71)6-61)99-54(48)104-45-37(86)53(103-44-20(5-57(91,55(87)88)108-41(44)19(74)9-64)107-58(56(89)90)4-15(70)26(75)39(109-58)17(72)7-62)100-40(18(73)8-63)47(45)105-52-35(84)32(81)43(24(13-68)98-52)102-51-34(83)31(80)42(23(12-67)97-51)101-50-33(82)30(79)28(77)22(11-66)96-50/h15-54,61-68,70-86,91H,2-13,59H2,1H3,(H,60,69)(H,87,88)(H,89,90)(H,92,93)/t15-,16+,17-,18+,19-,20-,21-,22-,23-,24-,25-,26-,27-,28+,29-,30+,31-,32-,33-,34-,35-,36-,37+,38-,39-,40-,41-,42+,43-,44-,45-,46+,47-,48+,49-,50-,51+,52+,53-,54-,57-,58-/m1/s1. The number of aliphatic hydroxyl groups excluding tert-OH is 25. The van der Waals surface area contributed by atoms with Crippen molar-refractivity contribution in [3.8, 4) is 0 Å². The quantitative estimate of drug-likeness (QED) is 0.0266. The lowest BCUT2D eigenvalue weighted by Gasteiger charge is -2.53. The molecule has 0 aromatic heterocycles. The fourth-order valence-corrected chi connectivity index (χ4v) is 14.6. The molecule has 646 valence electrons. The van der Waals surface area contributed by atoms with Gasteiger partial charge in [0, 0.05) is 26.3 Å². The van der Waals surface area contributed by atoms with Gasteiger partial charge in [0.25, 0.3) is 11.6 Å². The van der Waals surface area contributed by atoms with Crippen LogP contribution in [0.25, 0.3) is 0 Å². The molecule has 0 bridgehead atoms. The molecule has 52 nitrogen and oxygen atoms in total. The first-order chi connectivity index (χ1) is 52.2. The molecular formula is C58H99N2O50P. The Morgan fingerprint density at radius 1 is 0.450 bits per heavy atom. The van der Waals surface area contributed by atoms with Gasteiger partial charge in [-0.3, -0.25) is 13.8 Å². The summed E-state index contributed by atoms with van der Waals surface area (Å²) in [6, 6.07) is -2.07. The lowest BCUT2D eigenvalue weighted by atomic mass is 9.89. The topological polar surface area (TPSA) is 850 Å². The van der Waals surface area contributed by atoms with Crippen LogP contribution in [0.5, 0.6) is 0 Å². The lowest BCUT2D eigenvalue weighted by Crippen LogP contribution is -2.71. The van der Waals surface area contributed by atoms with Crippen molar-refractivity contribution < 1.29 is 247 Å². The van der Waals surface area contributed by atoms with Crippen LogP contribution < -0.4 is 11.1 Å². The third-order valence-corrected chi connectivity index (χ3v) is 20.5. The SMILES string of the molecule is CC(=O)N[C@H]1[C@@H](O[C@@H]2[C@@H](O[C@@H]3[C@H](O)[C@@H](O[C@H]4[C@@H]([C@H](O)CO)O[C@@](O)(C(=O)O)C[C@H]4O[C@]4(C(=O)O)C[C@@H](O)[C@@H](O)[C@@H]([C@H](O)CO)O4)O[C@H]([C@@H](O)CO)[C@H]3O[C@@H]3O[C@H](CO)[C@@H](O[C@@H]4O[C@H](CO)[C@H](O[C@H]5O[C@H](CO)[C@H](O)[C@H](O)[C@H]5O)[C@H](O)[C@H]4O)[C@H](O)[C@H]3O)O[C@H]([C@@H](O)CO)[C@@H](O)[C@@H]2OP(=O)(O)OCCN)O[C@H](CO)[C@@H](O)[C@@H]1O. The van der Waals surface area contributed by atoms with Crippen molar-refractivity contribution >= 4 is 25.7 Å². The van der Waals surface area contributed by atoms with Crippen molar-refractivity contribution in [2.45, 2.75) is 277 Å². The van der Waals surface area contributed by atoms with E-state index in [0.29, 0.717) is 0 Å². The molecule has 8 rings (SSSR count). The molecule has 1 unspecified atom stereocenters. The summed E-state index contributed by atoms with van der Waals surface area (Å²) >= 11 is 0. The molecule has 8 aliphatic rings. The molecular weight excluding hydrogens is 1560 g/mol. The second-order valence-electron chi connectivity index (χ2n) is 27.2. The monoisotopic (exact) mass is 1650 g/mol. The van der Waals surface area contributed by atoms with E-state index in [0.717, 1.165) is 6.92 Å². The molecule has 8 fully saturated rings. The average molecular weight is 1660 g/mol. The maximum absolute atomic E-state index is 13.9. The molecule has 1 amide bonds. The van der Waals surface area contributed by atoms with Gasteiger partial charge in [0.05, 0.1) is 71.7 Å². The molecule has 0 aliphatic carbocycles. The van der Waals surface area contributed by atoms with E-state index in [2.05, 4.69) is 5.32 Å². The number of carbonyl (C=O) groups excluding carboxylic acids is 1. The number of aliphatic carboxylic acids is 2. The molecule has 0 aromatic rings. The fraction of sp³-hybridized carbons (Fsp3) is 0.948. The summed E-state index contributed by atoms with van der Waals surface area (Å²) < 4.78 is 112. The first-order valence-electron chi connectivity index (χ1n) is 34.4. The number of carbonyl (C=O) groups is 3. The number of carboxylic acid groups (broad SMARTS) is 2. The van der Waals surface area contributed by atoms with Gasteiger partial charge < -0.3 is 230 Å². The summed E-state index contributed by atoms with van der Waals surface area (Å²) in [4.78, 5) is 50.3. The van der Waals surface area contributed by atoms with Crippen molar-refractivity contribution in [2.75, 3.05) is 66.0 Å². The predicted octanol–water partition coefficient (Wildman–Crippen LogP) is -19.8. The van der Waals surface area contributed by atoms with Crippen LogP contribution in [-0.4, -0.2) is 489 Å². The minimum Gasteiger partial charge on any atom is -0.477 e. The number of nitrogens with two attached hydrogens (primary N) is 1. The molecule has 8 aliphatic heterocycles. The molecule has 0 spiro atoms. The third kappa shape index (κ3) is 20.4. The van der Waals surface area contributed by atoms with Crippen LogP contribution in [-0.2, 0) is 99.0 Å². The largest absolute Gasteiger partial charge is 0.477 e. The molecule has 8 heterocycles. The highest BCUT2D eigenvalue weighted by Gasteiger charge is 2.65. The highest BCUT2D eigenvalue weighted by atomic mass is 31.2. The maximum Gasteiger partial charge on any atom is 0.472 e. The molecule has 53 heteroatoms. The van der Waals surface area contributed by atoms with E-state index in [9.17, 15) is 167 Å². The first kappa shape index (κ1) is 93.3. The Morgan fingerprint density at radius 3 is 1.38 bits per heavy atom. The minimum absolute atomic E-state index is 0.533. The maximum atomic E-state index is 13.9. The van der Waals surface area contributed by atoms with E-state index in [1.165, 1.54) is 0 Å². The summed E-state index contributed by atoms with van der Waals surface area (Å²) in [5.41, 5.74) is 5.51. The lowest BCUT2D eigenvalue weighted by molar-refractivity contribution is -0.419. The zero-order chi connectivity index (χ0) is 82.5. The Kier molecular flexibility index (Phi) is 33.3. The van der Waals surface area contributed by atoms with Crippen molar-refractivity contribution in [3.63, 3.8) is 0 Å². The van der Waals surface area contributed by atoms with Crippen LogP contribution in [0.2, 0.25) is 0 Å². The minimum atomic E-state index is -5.76. The number of hydrogen-bond donors (Lipinski definition) is 31. The molecule has 0 radical (unpaired) electrons. The smallest absolute Gasteiger partial charge is 0.472 e. The van der Waals surface area contributed by atoms with E-state index in [4.69, 9.17) is 85.8 Å². The first-order valence-corrected chi connectivity index (χ1v) is 35.8. The van der Waals surface area contributed by atoms with Crippen LogP contribution in [0.3, 0.4) is 0 Å². The summed E-state index contributed by atoms with van der Waals surface area (Å²) in [5.74, 6) is -13.0. The van der Waals surface area contributed by atoms with Crippen molar-refractivity contribution in [3.05, 3.63) is 0 Å². The van der Waals surface area contributed by atoms with Crippen molar-refractivity contribution in [2.24, 2.45) is 5.73 Å².